The summed E-state index contributed by atoms with van der Waals surface area (Å²) in [5.74, 6) is -0.193. The topological polar surface area (TPSA) is 78.5 Å². The van der Waals surface area contributed by atoms with Gasteiger partial charge in [0, 0.05) is 6.54 Å². The number of hydrogen-bond acceptors (Lipinski definition) is 3. The Morgan fingerprint density at radius 1 is 1.24 bits per heavy atom. The van der Waals surface area contributed by atoms with Gasteiger partial charge in [-0.2, -0.15) is 0 Å². The number of carbonyl (C=O) groups is 3. The van der Waals surface area contributed by atoms with Gasteiger partial charge in [0.15, 0.2) is 0 Å². The standard InChI is InChI=1S/C19H27N3O3/c1-4-11-19(15-8-6-5-7-9-15)17(24)22(18(25)21-19)13-16(23)20-12-10-14(2)3/h5-9,14H,4,10-13H2,1-3H3,(H,20,23)(H,21,25)/t19-/m1/s1. The zero-order valence-electron chi connectivity index (χ0n) is 15.2. The summed E-state index contributed by atoms with van der Waals surface area (Å²) >= 11 is 0. The van der Waals surface area contributed by atoms with Crippen LogP contribution in [0, 0.1) is 5.92 Å². The highest BCUT2D eigenvalue weighted by atomic mass is 16.2. The molecule has 1 saturated heterocycles. The van der Waals surface area contributed by atoms with Crippen molar-refractivity contribution in [3.05, 3.63) is 35.9 Å². The molecule has 4 amide bonds. The van der Waals surface area contributed by atoms with Crippen LogP contribution in [0.2, 0.25) is 0 Å². The lowest BCUT2D eigenvalue weighted by Gasteiger charge is -2.26. The summed E-state index contributed by atoms with van der Waals surface area (Å²) in [4.78, 5) is 38.5. The lowest BCUT2D eigenvalue weighted by molar-refractivity contribution is -0.135. The number of carbonyl (C=O) groups excluding carboxylic acids is 3. The summed E-state index contributed by atoms with van der Waals surface area (Å²) in [7, 11) is 0. The van der Waals surface area contributed by atoms with Gasteiger partial charge >= 0.3 is 6.03 Å². The largest absolute Gasteiger partial charge is 0.355 e. The van der Waals surface area contributed by atoms with E-state index in [0.29, 0.717) is 18.9 Å². The minimum Gasteiger partial charge on any atom is -0.355 e. The van der Waals surface area contributed by atoms with Crippen LogP contribution in [-0.4, -0.2) is 35.8 Å². The molecular formula is C19H27N3O3. The van der Waals surface area contributed by atoms with Crippen LogP contribution in [0.25, 0.3) is 0 Å². The zero-order chi connectivity index (χ0) is 18.4. The summed E-state index contributed by atoms with van der Waals surface area (Å²) in [5.41, 5.74) is -0.330. The van der Waals surface area contributed by atoms with Crippen LogP contribution < -0.4 is 10.6 Å². The van der Waals surface area contributed by atoms with Gasteiger partial charge in [-0.05, 0) is 24.3 Å². The molecular weight excluding hydrogens is 318 g/mol. The molecule has 25 heavy (non-hydrogen) atoms. The van der Waals surface area contributed by atoms with E-state index in [0.717, 1.165) is 23.3 Å². The van der Waals surface area contributed by atoms with Gasteiger partial charge in [0.05, 0.1) is 0 Å². The molecule has 0 unspecified atom stereocenters. The number of amides is 4. The van der Waals surface area contributed by atoms with Crippen LogP contribution in [0.1, 0.15) is 45.6 Å². The van der Waals surface area contributed by atoms with E-state index in [1.807, 2.05) is 37.3 Å². The number of nitrogens with one attached hydrogen (secondary N) is 2. The minimum absolute atomic E-state index is 0.249. The van der Waals surface area contributed by atoms with Crippen LogP contribution in [0.4, 0.5) is 4.79 Å². The summed E-state index contributed by atoms with van der Waals surface area (Å²) in [6, 6.07) is 8.70. The van der Waals surface area contributed by atoms with Gasteiger partial charge in [-0.3, -0.25) is 14.5 Å². The first-order valence-electron chi connectivity index (χ1n) is 8.87. The van der Waals surface area contributed by atoms with Crippen LogP contribution >= 0.6 is 0 Å². The predicted molar refractivity (Wildman–Crippen MR) is 95.7 cm³/mol. The van der Waals surface area contributed by atoms with E-state index in [1.165, 1.54) is 0 Å². The maximum absolute atomic E-state index is 13.0. The molecule has 0 aliphatic carbocycles. The fraction of sp³-hybridized carbons (Fsp3) is 0.526. The predicted octanol–water partition coefficient (Wildman–Crippen LogP) is 2.40. The van der Waals surface area contributed by atoms with E-state index in [-0.39, 0.29) is 18.4 Å². The molecule has 136 valence electrons. The SMILES string of the molecule is CCC[C@]1(c2ccccc2)NC(=O)N(CC(=O)NCCC(C)C)C1=O. The molecule has 1 atom stereocenters. The first kappa shape index (κ1) is 19.0. The third-order valence-corrected chi connectivity index (χ3v) is 4.41. The molecule has 0 bridgehead atoms. The highest BCUT2D eigenvalue weighted by molar-refractivity contribution is 6.09. The Hall–Kier alpha value is -2.37. The molecule has 2 rings (SSSR count). The third-order valence-electron chi connectivity index (χ3n) is 4.41. The van der Waals surface area contributed by atoms with Crippen molar-refractivity contribution in [3.63, 3.8) is 0 Å². The number of benzene rings is 1. The molecule has 1 fully saturated rings. The van der Waals surface area contributed by atoms with Crippen molar-refractivity contribution in [3.8, 4) is 0 Å². The van der Waals surface area contributed by atoms with Crippen molar-refractivity contribution in [1.82, 2.24) is 15.5 Å². The molecule has 0 spiro atoms. The molecule has 2 N–H and O–H groups in total. The number of hydrogen-bond donors (Lipinski definition) is 2. The summed E-state index contributed by atoms with van der Waals surface area (Å²) < 4.78 is 0. The highest BCUT2D eigenvalue weighted by Gasteiger charge is 2.52. The fourth-order valence-corrected chi connectivity index (χ4v) is 3.08. The van der Waals surface area contributed by atoms with Gasteiger partial charge in [-0.25, -0.2) is 4.79 Å². The lowest BCUT2D eigenvalue weighted by Crippen LogP contribution is -2.45. The maximum Gasteiger partial charge on any atom is 0.325 e. The Balaban J connectivity index is 2.13. The molecule has 1 heterocycles. The van der Waals surface area contributed by atoms with E-state index in [2.05, 4.69) is 24.5 Å². The third kappa shape index (κ3) is 4.18. The van der Waals surface area contributed by atoms with Crippen molar-refractivity contribution >= 4 is 17.8 Å². The second kappa shape index (κ2) is 8.14. The van der Waals surface area contributed by atoms with Gasteiger partial charge in [-0.1, -0.05) is 57.5 Å². The van der Waals surface area contributed by atoms with Crippen molar-refractivity contribution in [1.29, 1.82) is 0 Å². The van der Waals surface area contributed by atoms with E-state index in [9.17, 15) is 14.4 Å². The van der Waals surface area contributed by atoms with Gasteiger partial charge < -0.3 is 10.6 Å². The summed E-state index contributed by atoms with van der Waals surface area (Å²) in [6.45, 7) is 6.40. The van der Waals surface area contributed by atoms with Crippen LogP contribution in [-0.2, 0) is 15.1 Å². The van der Waals surface area contributed by atoms with Crippen molar-refractivity contribution in [2.75, 3.05) is 13.1 Å². The lowest BCUT2D eigenvalue weighted by atomic mass is 9.85. The molecule has 0 radical (unpaired) electrons. The van der Waals surface area contributed by atoms with Crippen molar-refractivity contribution in [2.45, 2.75) is 45.6 Å². The average Bonchev–Trinajstić information content (AvgIpc) is 2.81. The normalized spacial score (nSPS) is 20.1. The Bertz CT molecular complexity index is 630. The molecule has 0 saturated carbocycles. The Kier molecular flexibility index (Phi) is 6.17. The fourth-order valence-electron chi connectivity index (χ4n) is 3.08. The van der Waals surface area contributed by atoms with Gasteiger partial charge in [0.2, 0.25) is 5.91 Å². The molecule has 1 aromatic rings. The number of rotatable bonds is 8. The monoisotopic (exact) mass is 345 g/mol. The molecule has 6 heteroatoms. The van der Waals surface area contributed by atoms with Crippen molar-refractivity contribution in [2.24, 2.45) is 5.92 Å². The van der Waals surface area contributed by atoms with E-state index in [4.69, 9.17) is 0 Å². The van der Waals surface area contributed by atoms with E-state index < -0.39 is 11.6 Å². The van der Waals surface area contributed by atoms with Gasteiger partial charge in [-0.15, -0.1) is 0 Å². The Labute approximate surface area is 149 Å². The molecule has 1 aliphatic heterocycles. The highest BCUT2D eigenvalue weighted by Crippen LogP contribution is 2.33. The number of nitrogens with zero attached hydrogens (tertiary/aromatic N) is 1. The smallest absolute Gasteiger partial charge is 0.325 e. The van der Waals surface area contributed by atoms with E-state index >= 15 is 0 Å². The zero-order valence-corrected chi connectivity index (χ0v) is 15.2. The van der Waals surface area contributed by atoms with Crippen LogP contribution in [0.3, 0.4) is 0 Å². The average molecular weight is 345 g/mol. The molecule has 0 aromatic heterocycles. The quantitative estimate of drug-likeness (QED) is 0.710. The maximum atomic E-state index is 13.0. The second-order valence-corrected chi connectivity index (χ2v) is 6.88. The Morgan fingerprint density at radius 2 is 1.92 bits per heavy atom. The van der Waals surface area contributed by atoms with E-state index in [1.54, 1.807) is 0 Å². The number of urea groups is 1. The second-order valence-electron chi connectivity index (χ2n) is 6.88. The molecule has 1 aliphatic rings. The first-order valence-corrected chi connectivity index (χ1v) is 8.87. The first-order chi connectivity index (χ1) is 11.9. The van der Waals surface area contributed by atoms with Crippen molar-refractivity contribution < 1.29 is 14.4 Å². The van der Waals surface area contributed by atoms with Crippen LogP contribution in [0.15, 0.2) is 30.3 Å². The molecule has 1 aromatic carbocycles. The number of imide groups is 1. The summed E-state index contributed by atoms with van der Waals surface area (Å²) in [6.07, 6.45) is 2.08. The molecule has 6 nitrogen and oxygen atoms in total. The van der Waals surface area contributed by atoms with Gasteiger partial charge in [0.1, 0.15) is 12.1 Å². The Morgan fingerprint density at radius 3 is 2.52 bits per heavy atom. The summed E-state index contributed by atoms with van der Waals surface area (Å²) in [5, 5.41) is 5.59. The van der Waals surface area contributed by atoms with Crippen LogP contribution in [0.5, 0.6) is 0 Å². The van der Waals surface area contributed by atoms with Gasteiger partial charge in [0.25, 0.3) is 5.91 Å². The minimum atomic E-state index is -1.08.